The Labute approximate surface area is 125 Å². The van der Waals surface area contributed by atoms with Crippen molar-refractivity contribution < 1.29 is 0 Å². The Morgan fingerprint density at radius 3 is 2.30 bits per heavy atom. The van der Waals surface area contributed by atoms with E-state index in [0.717, 1.165) is 23.7 Å². The van der Waals surface area contributed by atoms with Gasteiger partial charge >= 0.3 is 0 Å². The maximum atomic E-state index is 3.68. The Kier molecular flexibility index (Phi) is 4.42. The third-order valence-electron chi connectivity index (χ3n) is 6.01. The van der Waals surface area contributed by atoms with E-state index in [1.54, 1.807) is 25.7 Å². The minimum Gasteiger partial charge on any atom is -0.312 e. The van der Waals surface area contributed by atoms with Crippen molar-refractivity contribution in [1.82, 2.24) is 10.2 Å². The molecule has 3 atom stereocenters. The predicted octanol–water partition coefficient (Wildman–Crippen LogP) is 3.52. The van der Waals surface area contributed by atoms with Gasteiger partial charge in [0.15, 0.2) is 0 Å². The molecule has 2 heteroatoms. The second-order valence-corrected chi connectivity index (χ2v) is 8.81. The van der Waals surface area contributed by atoms with Gasteiger partial charge in [-0.3, -0.25) is 0 Å². The fraction of sp³-hybridized carbons (Fsp3) is 1.00. The molecule has 1 saturated heterocycles. The van der Waals surface area contributed by atoms with Crippen LogP contribution in [0.15, 0.2) is 0 Å². The Balaban J connectivity index is 1.36. The van der Waals surface area contributed by atoms with Crippen molar-refractivity contribution in [3.05, 3.63) is 0 Å². The summed E-state index contributed by atoms with van der Waals surface area (Å²) in [5.74, 6) is 4.17. The summed E-state index contributed by atoms with van der Waals surface area (Å²) in [4.78, 5) is 2.78. The number of fused-ring (bicyclic) bond motifs is 2. The highest BCUT2D eigenvalue weighted by Crippen LogP contribution is 2.48. The summed E-state index contributed by atoms with van der Waals surface area (Å²) in [5, 5.41) is 3.68. The molecule has 3 aliphatic rings. The molecule has 20 heavy (non-hydrogen) atoms. The molecule has 0 amide bonds. The second-order valence-electron chi connectivity index (χ2n) is 8.81. The maximum Gasteiger partial charge on any atom is 0.00966 e. The molecule has 0 aromatic rings. The van der Waals surface area contributed by atoms with Crippen molar-refractivity contribution in [1.29, 1.82) is 0 Å². The normalized spacial score (nSPS) is 35.9. The molecule has 3 fully saturated rings. The van der Waals surface area contributed by atoms with E-state index in [1.807, 2.05) is 0 Å². The largest absolute Gasteiger partial charge is 0.312 e. The number of nitrogens with one attached hydrogen (secondary N) is 1. The molecule has 0 spiro atoms. The lowest BCUT2D eigenvalue weighted by molar-refractivity contribution is 0.136. The van der Waals surface area contributed by atoms with E-state index in [2.05, 4.69) is 31.0 Å². The SMILES string of the molecule is CC(C)(C)NCC1CCN(CC2CC3CCC2C3)CC1. The van der Waals surface area contributed by atoms with Gasteiger partial charge in [-0.2, -0.15) is 0 Å². The first-order valence-electron chi connectivity index (χ1n) is 8.97. The number of hydrogen-bond acceptors (Lipinski definition) is 2. The zero-order valence-electron chi connectivity index (χ0n) is 13.8. The van der Waals surface area contributed by atoms with E-state index in [4.69, 9.17) is 0 Å². The highest BCUT2D eigenvalue weighted by molar-refractivity contribution is 4.91. The number of likely N-dealkylation sites (tertiary alicyclic amines) is 1. The van der Waals surface area contributed by atoms with Crippen molar-refractivity contribution >= 4 is 0 Å². The molecule has 1 N–H and O–H groups in total. The molecule has 1 heterocycles. The molecule has 2 aliphatic carbocycles. The molecule has 1 aliphatic heterocycles. The van der Waals surface area contributed by atoms with Crippen LogP contribution in [0.4, 0.5) is 0 Å². The molecule has 2 saturated carbocycles. The van der Waals surface area contributed by atoms with Crippen molar-refractivity contribution in [2.24, 2.45) is 23.7 Å². The molecule has 3 rings (SSSR count). The smallest absolute Gasteiger partial charge is 0.00966 e. The van der Waals surface area contributed by atoms with Crippen LogP contribution in [0.5, 0.6) is 0 Å². The van der Waals surface area contributed by atoms with Crippen LogP contribution in [0.25, 0.3) is 0 Å². The maximum absolute atomic E-state index is 3.68. The van der Waals surface area contributed by atoms with Gasteiger partial charge in [-0.25, -0.2) is 0 Å². The average Bonchev–Trinajstić information content (AvgIpc) is 2.99. The van der Waals surface area contributed by atoms with Crippen molar-refractivity contribution in [3.63, 3.8) is 0 Å². The van der Waals surface area contributed by atoms with Gasteiger partial charge in [0.1, 0.15) is 0 Å². The van der Waals surface area contributed by atoms with Gasteiger partial charge in [-0.15, -0.1) is 0 Å². The Hall–Kier alpha value is -0.0800. The van der Waals surface area contributed by atoms with Crippen molar-refractivity contribution in [2.45, 2.75) is 64.8 Å². The highest BCUT2D eigenvalue weighted by atomic mass is 15.1. The molecule has 0 aromatic carbocycles. The molecule has 3 unspecified atom stereocenters. The lowest BCUT2D eigenvalue weighted by atomic mass is 9.87. The zero-order valence-corrected chi connectivity index (χ0v) is 13.8. The second kappa shape index (κ2) is 5.96. The molecular weight excluding hydrogens is 244 g/mol. The van der Waals surface area contributed by atoms with E-state index in [9.17, 15) is 0 Å². The van der Waals surface area contributed by atoms with E-state index < -0.39 is 0 Å². The average molecular weight is 278 g/mol. The van der Waals surface area contributed by atoms with Crippen LogP contribution in [0.2, 0.25) is 0 Å². The summed E-state index contributed by atoms with van der Waals surface area (Å²) < 4.78 is 0. The Bertz CT molecular complexity index is 312. The molecule has 0 radical (unpaired) electrons. The molecule has 0 aromatic heterocycles. The predicted molar refractivity (Wildman–Crippen MR) is 85.9 cm³/mol. The topological polar surface area (TPSA) is 15.3 Å². The van der Waals surface area contributed by atoms with Gasteiger partial charge in [0.05, 0.1) is 0 Å². The monoisotopic (exact) mass is 278 g/mol. The van der Waals surface area contributed by atoms with Gasteiger partial charge < -0.3 is 10.2 Å². The van der Waals surface area contributed by atoms with E-state index in [-0.39, 0.29) is 5.54 Å². The van der Waals surface area contributed by atoms with Crippen LogP contribution in [-0.4, -0.2) is 36.6 Å². The highest BCUT2D eigenvalue weighted by Gasteiger charge is 2.40. The first kappa shape index (κ1) is 14.8. The van der Waals surface area contributed by atoms with E-state index in [1.165, 1.54) is 39.0 Å². The van der Waals surface area contributed by atoms with Crippen LogP contribution < -0.4 is 5.32 Å². The quantitative estimate of drug-likeness (QED) is 0.846. The van der Waals surface area contributed by atoms with Gasteiger partial charge in [0.2, 0.25) is 0 Å². The third-order valence-corrected chi connectivity index (χ3v) is 6.01. The number of piperidine rings is 1. The molecule has 2 nitrogen and oxygen atoms in total. The first-order valence-corrected chi connectivity index (χ1v) is 8.97. The minimum atomic E-state index is 0.278. The van der Waals surface area contributed by atoms with Crippen molar-refractivity contribution in [2.75, 3.05) is 26.2 Å². The Morgan fingerprint density at radius 1 is 1.00 bits per heavy atom. The lowest BCUT2D eigenvalue weighted by Gasteiger charge is -2.36. The molecular formula is C18H34N2. The summed E-state index contributed by atoms with van der Waals surface area (Å²) in [6.45, 7) is 12.2. The van der Waals surface area contributed by atoms with Crippen LogP contribution >= 0.6 is 0 Å². The molecule has 2 bridgehead atoms. The van der Waals surface area contributed by atoms with Gasteiger partial charge in [-0.1, -0.05) is 6.42 Å². The summed E-state index contributed by atoms with van der Waals surface area (Å²) in [5.41, 5.74) is 0.278. The summed E-state index contributed by atoms with van der Waals surface area (Å²) in [7, 11) is 0. The standard InChI is InChI=1S/C18H34N2/c1-18(2,3)19-12-14-6-8-20(9-7-14)13-17-11-15-4-5-16(17)10-15/h14-17,19H,4-13H2,1-3H3. The van der Waals surface area contributed by atoms with Crippen LogP contribution in [0, 0.1) is 23.7 Å². The number of nitrogens with zero attached hydrogens (tertiary/aromatic N) is 1. The zero-order chi connectivity index (χ0) is 14.2. The Morgan fingerprint density at radius 2 is 1.75 bits per heavy atom. The number of rotatable bonds is 4. The summed E-state index contributed by atoms with van der Waals surface area (Å²) in [6.07, 6.45) is 9.02. The van der Waals surface area contributed by atoms with E-state index in [0.29, 0.717) is 0 Å². The van der Waals surface area contributed by atoms with Crippen LogP contribution in [0.3, 0.4) is 0 Å². The fourth-order valence-electron chi connectivity index (χ4n) is 4.76. The number of hydrogen-bond donors (Lipinski definition) is 1. The van der Waals surface area contributed by atoms with Crippen LogP contribution in [-0.2, 0) is 0 Å². The van der Waals surface area contributed by atoms with Gasteiger partial charge in [-0.05, 0) is 96.2 Å². The molecule has 116 valence electrons. The summed E-state index contributed by atoms with van der Waals surface area (Å²) in [6, 6.07) is 0. The third kappa shape index (κ3) is 3.76. The van der Waals surface area contributed by atoms with Crippen LogP contribution in [0.1, 0.15) is 59.3 Å². The van der Waals surface area contributed by atoms with E-state index >= 15 is 0 Å². The minimum absolute atomic E-state index is 0.278. The van der Waals surface area contributed by atoms with Gasteiger partial charge in [0, 0.05) is 12.1 Å². The summed E-state index contributed by atoms with van der Waals surface area (Å²) >= 11 is 0. The lowest BCUT2D eigenvalue weighted by Crippen LogP contribution is -2.44. The van der Waals surface area contributed by atoms with Gasteiger partial charge in [0.25, 0.3) is 0 Å². The van der Waals surface area contributed by atoms with Crippen molar-refractivity contribution in [3.8, 4) is 0 Å². The first-order chi connectivity index (χ1) is 9.49. The fourth-order valence-corrected chi connectivity index (χ4v) is 4.76.